The van der Waals surface area contributed by atoms with Gasteiger partial charge in [0, 0.05) is 24.8 Å². The summed E-state index contributed by atoms with van der Waals surface area (Å²) in [5.74, 6) is 1.31. The van der Waals surface area contributed by atoms with Crippen molar-refractivity contribution in [1.29, 1.82) is 0 Å². The van der Waals surface area contributed by atoms with Crippen molar-refractivity contribution in [2.75, 3.05) is 11.4 Å². The molecule has 0 fully saturated rings. The highest BCUT2D eigenvalue weighted by Crippen LogP contribution is 2.42. The monoisotopic (exact) mass is 482 g/mol. The zero-order chi connectivity index (χ0) is 24.4. The number of fused-ring (bicyclic) bond motifs is 2. The molecule has 0 saturated heterocycles. The van der Waals surface area contributed by atoms with Crippen LogP contribution in [0.2, 0.25) is 0 Å². The molecule has 0 aliphatic carbocycles. The number of thiazole rings is 1. The molecule has 5 rings (SSSR count). The van der Waals surface area contributed by atoms with E-state index in [1.165, 1.54) is 5.56 Å². The fourth-order valence-electron chi connectivity index (χ4n) is 4.39. The molecule has 35 heavy (non-hydrogen) atoms. The Bertz CT molecular complexity index is 1450. The minimum atomic E-state index is -0.356. The first kappa shape index (κ1) is 22.9. The smallest absolute Gasteiger partial charge is 0.283 e. The molecule has 0 radical (unpaired) electrons. The fourth-order valence-corrected chi connectivity index (χ4v) is 5.53. The number of ether oxygens (including phenoxy) is 1. The highest BCUT2D eigenvalue weighted by atomic mass is 32.1. The van der Waals surface area contributed by atoms with Crippen LogP contribution in [0.25, 0.3) is 27.4 Å². The Kier molecular flexibility index (Phi) is 6.38. The van der Waals surface area contributed by atoms with Gasteiger partial charge in [0.05, 0.1) is 5.69 Å². The van der Waals surface area contributed by atoms with Gasteiger partial charge in [-0.05, 0) is 48.2 Å². The lowest BCUT2D eigenvalue weighted by molar-refractivity contribution is -0.655. The highest BCUT2D eigenvalue weighted by molar-refractivity contribution is 7.18. The molecule has 0 spiro atoms. The predicted molar refractivity (Wildman–Crippen MR) is 143 cm³/mol. The van der Waals surface area contributed by atoms with Crippen molar-refractivity contribution in [3.63, 3.8) is 0 Å². The van der Waals surface area contributed by atoms with Crippen molar-refractivity contribution in [2.45, 2.75) is 26.8 Å². The first-order chi connectivity index (χ1) is 17.1. The number of allylic oxidation sites excluding steroid dienone is 2. The van der Waals surface area contributed by atoms with Gasteiger partial charge in [-0.2, -0.15) is 4.57 Å². The predicted octanol–water partition coefficient (Wildman–Crippen LogP) is 5.89. The van der Waals surface area contributed by atoms with Crippen molar-refractivity contribution >= 4 is 39.2 Å². The number of para-hydroxylation sites is 1. The number of hydrogen-bond donors (Lipinski definition) is 1. The maximum absolute atomic E-state index is 11.8. The minimum Gasteiger partial charge on any atom is -0.439 e. The average molecular weight is 483 g/mol. The second kappa shape index (κ2) is 9.76. The summed E-state index contributed by atoms with van der Waals surface area (Å²) in [5.41, 5.74) is 11.1. The molecule has 0 saturated carbocycles. The summed E-state index contributed by atoms with van der Waals surface area (Å²) in [6.07, 6.45) is 5.06. The average Bonchev–Trinajstić information content (AvgIpc) is 3.40. The first-order valence-corrected chi connectivity index (χ1v) is 12.7. The second-order valence-corrected chi connectivity index (χ2v) is 9.47. The molecule has 1 aliphatic rings. The van der Waals surface area contributed by atoms with Crippen LogP contribution in [0.5, 0.6) is 5.75 Å². The van der Waals surface area contributed by atoms with E-state index in [0.717, 1.165) is 56.6 Å². The van der Waals surface area contributed by atoms with Crippen LogP contribution in [-0.4, -0.2) is 12.5 Å². The number of benzene rings is 3. The minimum absolute atomic E-state index is 0.148. The summed E-state index contributed by atoms with van der Waals surface area (Å²) in [5, 5.41) is 0.989. The molecule has 1 aromatic heterocycles. The number of primary amides is 1. The molecule has 6 heteroatoms. The number of rotatable bonds is 7. The number of hydrogen-bond acceptors (Lipinski definition) is 4. The van der Waals surface area contributed by atoms with E-state index in [2.05, 4.69) is 73.4 Å². The molecule has 0 bridgehead atoms. The number of carbonyl (C=O) groups excluding carboxylic acids is 1. The zero-order valence-electron chi connectivity index (χ0n) is 19.9. The van der Waals surface area contributed by atoms with Gasteiger partial charge in [-0.15, -0.1) is 0 Å². The van der Waals surface area contributed by atoms with Gasteiger partial charge in [0.2, 0.25) is 17.9 Å². The van der Waals surface area contributed by atoms with Gasteiger partial charge >= 0.3 is 0 Å². The lowest BCUT2D eigenvalue weighted by atomic mass is 10.0. The van der Waals surface area contributed by atoms with Gasteiger partial charge in [-0.3, -0.25) is 4.79 Å². The Morgan fingerprint density at radius 3 is 2.54 bits per heavy atom. The molecule has 3 aromatic carbocycles. The van der Waals surface area contributed by atoms with Crippen molar-refractivity contribution in [2.24, 2.45) is 5.73 Å². The molecular weight excluding hydrogens is 454 g/mol. The molecule has 0 atom stereocenters. The summed E-state index contributed by atoms with van der Waals surface area (Å²) in [6, 6.07) is 24.8. The van der Waals surface area contributed by atoms with Gasteiger partial charge in [0.25, 0.3) is 10.9 Å². The maximum atomic E-state index is 11.8. The third-order valence-corrected chi connectivity index (χ3v) is 7.24. The van der Waals surface area contributed by atoms with Crippen molar-refractivity contribution in [3.8, 4) is 16.9 Å². The Balaban J connectivity index is 1.52. The van der Waals surface area contributed by atoms with Crippen LogP contribution in [0, 0.1) is 0 Å². The van der Waals surface area contributed by atoms with Crippen LogP contribution in [0.4, 0.5) is 5.69 Å². The standard InChI is InChI=1S/C29H27N3O2S/c1-3-20(17-29-32(19-27(30)33)23-12-8-9-13-26(23)35-29)16-28-31(4-2)24-18-22(14-15-25(24)34-28)21-10-6-5-7-11-21/h5-18H,3-4,19H2,1-2H3,(H-,30,33)/p+1. The highest BCUT2D eigenvalue weighted by Gasteiger charge is 2.26. The second-order valence-electron chi connectivity index (χ2n) is 8.41. The van der Waals surface area contributed by atoms with Crippen LogP contribution in [0.15, 0.2) is 90.3 Å². The number of anilines is 1. The third kappa shape index (κ3) is 4.57. The van der Waals surface area contributed by atoms with E-state index in [0.29, 0.717) is 0 Å². The van der Waals surface area contributed by atoms with E-state index in [1.54, 1.807) is 11.3 Å². The fraction of sp³-hybridized carbons (Fsp3) is 0.172. The number of carbonyl (C=O) groups is 1. The van der Waals surface area contributed by atoms with Crippen LogP contribution in [-0.2, 0) is 11.3 Å². The van der Waals surface area contributed by atoms with Crippen LogP contribution in [0.1, 0.15) is 25.3 Å². The summed E-state index contributed by atoms with van der Waals surface area (Å²) in [6.45, 7) is 5.19. The number of amides is 1. The van der Waals surface area contributed by atoms with E-state index < -0.39 is 0 Å². The van der Waals surface area contributed by atoms with Crippen LogP contribution >= 0.6 is 11.3 Å². The van der Waals surface area contributed by atoms with E-state index in [4.69, 9.17) is 10.5 Å². The Hall–Kier alpha value is -3.90. The van der Waals surface area contributed by atoms with E-state index in [-0.39, 0.29) is 12.5 Å². The van der Waals surface area contributed by atoms with Gasteiger partial charge < -0.3 is 15.4 Å². The molecule has 176 valence electrons. The summed E-state index contributed by atoms with van der Waals surface area (Å²) in [4.78, 5) is 14.0. The SMILES string of the molecule is CCC(=Cc1sc2ccccc2[n+]1CC(N)=O)C=C1Oc2ccc(-c3ccccc3)cc2N1CC. The normalized spacial score (nSPS) is 14.4. The van der Waals surface area contributed by atoms with Crippen molar-refractivity contribution < 1.29 is 14.1 Å². The number of nitrogens with zero attached hydrogens (tertiary/aromatic N) is 2. The van der Waals surface area contributed by atoms with Gasteiger partial charge in [0.15, 0.2) is 5.75 Å². The molecule has 1 amide bonds. The third-order valence-electron chi connectivity index (χ3n) is 6.13. The Morgan fingerprint density at radius 1 is 1.03 bits per heavy atom. The van der Waals surface area contributed by atoms with Crippen LogP contribution < -0.4 is 19.9 Å². The van der Waals surface area contributed by atoms with Gasteiger partial charge in [-0.1, -0.05) is 66.8 Å². The quantitative estimate of drug-likeness (QED) is 0.334. The van der Waals surface area contributed by atoms with Crippen molar-refractivity contribution in [3.05, 3.63) is 95.3 Å². The Morgan fingerprint density at radius 2 is 1.80 bits per heavy atom. The zero-order valence-corrected chi connectivity index (χ0v) is 20.7. The molecular formula is C29H28N3O2S+. The summed E-state index contributed by atoms with van der Waals surface area (Å²) in [7, 11) is 0. The van der Waals surface area contributed by atoms with E-state index >= 15 is 0 Å². The molecule has 4 aromatic rings. The number of aromatic nitrogens is 1. The van der Waals surface area contributed by atoms with Gasteiger partial charge in [-0.25, -0.2) is 0 Å². The molecule has 2 heterocycles. The lowest BCUT2D eigenvalue weighted by Gasteiger charge is -2.16. The summed E-state index contributed by atoms with van der Waals surface area (Å²) < 4.78 is 9.41. The maximum Gasteiger partial charge on any atom is 0.283 e. The summed E-state index contributed by atoms with van der Waals surface area (Å²) >= 11 is 1.66. The molecule has 2 N–H and O–H groups in total. The van der Waals surface area contributed by atoms with E-state index in [1.807, 2.05) is 34.9 Å². The molecule has 1 aliphatic heterocycles. The Labute approximate surface area is 209 Å². The first-order valence-electron chi connectivity index (χ1n) is 11.8. The largest absolute Gasteiger partial charge is 0.439 e. The van der Waals surface area contributed by atoms with E-state index in [9.17, 15) is 4.79 Å². The van der Waals surface area contributed by atoms with Crippen molar-refractivity contribution in [1.82, 2.24) is 0 Å². The van der Waals surface area contributed by atoms with Crippen LogP contribution in [0.3, 0.4) is 0 Å². The molecule has 5 nitrogen and oxygen atoms in total. The van der Waals surface area contributed by atoms with Gasteiger partial charge in [0.1, 0.15) is 4.70 Å². The topological polar surface area (TPSA) is 59.4 Å². The molecule has 0 unspecified atom stereocenters. The number of nitrogens with two attached hydrogens (primary N) is 1. The lowest BCUT2D eigenvalue weighted by Crippen LogP contribution is -2.41.